The third kappa shape index (κ3) is 7.00. The number of hydrogen-bond acceptors (Lipinski definition) is 5. The number of benzene rings is 1. The first kappa shape index (κ1) is 18.7. The molecular weight excluding hydrogens is 296 g/mol. The maximum Gasteiger partial charge on any atom is 0.337 e. The zero-order chi connectivity index (χ0) is 17.1. The number of aryl methyl sites for hydroxylation is 1. The van der Waals surface area contributed by atoms with Gasteiger partial charge in [-0.25, -0.2) is 9.59 Å². The molecule has 0 saturated carbocycles. The molecular formula is C18H24O5. The van der Waals surface area contributed by atoms with Gasteiger partial charge in [0, 0.05) is 6.08 Å². The molecule has 23 heavy (non-hydrogen) atoms. The fourth-order valence-electron chi connectivity index (χ4n) is 2.03. The van der Waals surface area contributed by atoms with Crippen LogP contribution in [0.5, 0.6) is 5.75 Å². The Labute approximate surface area is 137 Å². The minimum absolute atomic E-state index is 0.350. The molecule has 0 radical (unpaired) electrons. The van der Waals surface area contributed by atoms with Crippen molar-refractivity contribution < 1.29 is 23.8 Å². The summed E-state index contributed by atoms with van der Waals surface area (Å²) >= 11 is 0. The summed E-state index contributed by atoms with van der Waals surface area (Å²) in [6, 6.07) is 5.24. The van der Waals surface area contributed by atoms with Crippen LogP contribution in [0.4, 0.5) is 0 Å². The van der Waals surface area contributed by atoms with E-state index in [1.165, 1.54) is 13.2 Å². The maximum absolute atomic E-state index is 11.4. The van der Waals surface area contributed by atoms with Crippen LogP contribution in [0, 0.1) is 6.92 Å². The molecule has 0 aliphatic heterocycles. The summed E-state index contributed by atoms with van der Waals surface area (Å²) in [6.07, 6.45) is 4.92. The average Bonchev–Trinajstić information content (AvgIpc) is 2.57. The van der Waals surface area contributed by atoms with Gasteiger partial charge in [0.2, 0.25) is 0 Å². The molecule has 126 valence electrons. The van der Waals surface area contributed by atoms with Crippen molar-refractivity contribution in [2.75, 3.05) is 20.3 Å². The summed E-state index contributed by atoms with van der Waals surface area (Å²) in [7, 11) is 1.36. The van der Waals surface area contributed by atoms with Crippen LogP contribution in [0.15, 0.2) is 30.9 Å². The molecule has 1 aromatic rings. The summed E-state index contributed by atoms with van der Waals surface area (Å²) in [5.74, 6) is 0.0496. The van der Waals surface area contributed by atoms with Gasteiger partial charge in [0.1, 0.15) is 5.75 Å². The van der Waals surface area contributed by atoms with E-state index >= 15 is 0 Å². The van der Waals surface area contributed by atoms with Crippen molar-refractivity contribution in [3.63, 3.8) is 0 Å². The molecule has 1 rings (SSSR count). The number of carbonyl (C=O) groups excluding carboxylic acids is 2. The van der Waals surface area contributed by atoms with Crippen molar-refractivity contribution in [3.8, 4) is 5.75 Å². The van der Waals surface area contributed by atoms with E-state index in [0.29, 0.717) is 18.8 Å². The molecule has 0 atom stereocenters. The van der Waals surface area contributed by atoms with E-state index < -0.39 is 0 Å². The van der Waals surface area contributed by atoms with Gasteiger partial charge in [-0.3, -0.25) is 0 Å². The number of esters is 2. The molecule has 0 unspecified atom stereocenters. The first-order valence-corrected chi connectivity index (χ1v) is 7.69. The largest absolute Gasteiger partial charge is 0.493 e. The summed E-state index contributed by atoms with van der Waals surface area (Å²) in [4.78, 5) is 22.3. The number of methoxy groups -OCH3 is 1. The van der Waals surface area contributed by atoms with Gasteiger partial charge in [0.05, 0.1) is 25.9 Å². The van der Waals surface area contributed by atoms with E-state index in [9.17, 15) is 9.59 Å². The van der Waals surface area contributed by atoms with E-state index in [4.69, 9.17) is 9.47 Å². The monoisotopic (exact) mass is 320 g/mol. The SMILES string of the molecule is C=CC(=O)OCCCCCCOc1ccc(C(=O)OC)cc1C. The van der Waals surface area contributed by atoms with Crippen LogP contribution in [0.25, 0.3) is 0 Å². The second kappa shape index (κ2) is 10.4. The summed E-state index contributed by atoms with van der Waals surface area (Å²) in [5, 5.41) is 0. The number of rotatable bonds is 10. The number of unbranched alkanes of at least 4 members (excludes halogenated alkanes) is 3. The van der Waals surface area contributed by atoms with Gasteiger partial charge in [-0.15, -0.1) is 0 Å². The zero-order valence-electron chi connectivity index (χ0n) is 13.8. The predicted molar refractivity (Wildman–Crippen MR) is 87.6 cm³/mol. The Morgan fingerprint density at radius 1 is 1.13 bits per heavy atom. The van der Waals surface area contributed by atoms with Crippen LogP contribution < -0.4 is 4.74 Å². The van der Waals surface area contributed by atoms with Gasteiger partial charge < -0.3 is 14.2 Å². The Morgan fingerprint density at radius 2 is 1.83 bits per heavy atom. The van der Waals surface area contributed by atoms with Crippen molar-refractivity contribution in [3.05, 3.63) is 42.0 Å². The number of carbonyl (C=O) groups is 2. The van der Waals surface area contributed by atoms with Crippen molar-refractivity contribution in [1.82, 2.24) is 0 Å². The molecule has 0 aromatic heterocycles. The topological polar surface area (TPSA) is 61.8 Å². The quantitative estimate of drug-likeness (QED) is 0.375. The van der Waals surface area contributed by atoms with Crippen LogP contribution in [0.1, 0.15) is 41.6 Å². The maximum atomic E-state index is 11.4. The minimum atomic E-state index is -0.376. The molecule has 0 N–H and O–H groups in total. The van der Waals surface area contributed by atoms with E-state index in [2.05, 4.69) is 11.3 Å². The molecule has 0 aliphatic rings. The third-order valence-electron chi connectivity index (χ3n) is 3.30. The summed E-state index contributed by atoms with van der Waals surface area (Å²) < 4.78 is 15.3. The first-order chi connectivity index (χ1) is 11.1. The Morgan fingerprint density at radius 3 is 2.43 bits per heavy atom. The molecule has 0 spiro atoms. The minimum Gasteiger partial charge on any atom is -0.493 e. The Balaban J connectivity index is 2.20. The Kier molecular flexibility index (Phi) is 8.50. The first-order valence-electron chi connectivity index (χ1n) is 7.69. The second-order valence-corrected chi connectivity index (χ2v) is 5.11. The predicted octanol–water partition coefficient (Wildman–Crippen LogP) is 3.45. The molecule has 0 bridgehead atoms. The molecule has 0 amide bonds. The lowest BCUT2D eigenvalue weighted by molar-refractivity contribution is -0.137. The molecule has 0 aliphatic carbocycles. The highest BCUT2D eigenvalue weighted by Gasteiger charge is 2.08. The molecule has 0 fully saturated rings. The molecule has 5 nitrogen and oxygen atoms in total. The summed E-state index contributed by atoms with van der Waals surface area (Å²) in [5.41, 5.74) is 1.43. The van der Waals surface area contributed by atoms with Crippen LogP contribution in [0.3, 0.4) is 0 Å². The fourth-order valence-corrected chi connectivity index (χ4v) is 2.03. The van der Waals surface area contributed by atoms with Crippen LogP contribution in [0.2, 0.25) is 0 Å². The van der Waals surface area contributed by atoms with E-state index in [-0.39, 0.29) is 11.9 Å². The van der Waals surface area contributed by atoms with Gasteiger partial charge in [-0.1, -0.05) is 6.58 Å². The standard InChI is InChI=1S/C18H24O5/c1-4-17(19)23-12-8-6-5-7-11-22-16-10-9-15(13-14(16)2)18(20)21-3/h4,9-10,13H,1,5-8,11-12H2,2-3H3. The van der Waals surface area contributed by atoms with Gasteiger partial charge >= 0.3 is 11.9 Å². The highest BCUT2D eigenvalue weighted by atomic mass is 16.5. The molecule has 1 aromatic carbocycles. The van der Waals surface area contributed by atoms with Crippen molar-refractivity contribution in [1.29, 1.82) is 0 Å². The summed E-state index contributed by atoms with van der Waals surface area (Å²) in [6.45, 7) is 6.28. The Hall–Kier alpha value is -2.30. The number of ether oxygens (including phenoxy) is 3. The molecule has 0 heterocycles. The smallest absolute Gasteiger partial charge is 0.337 e. The fraction of sp³-hybridized carbons (Fsp3) is 0.444. The zero-order valence-corrected chi connectivity index (χ0v) is 13.8. The highest BCUT2D eigenvalue weighted by molar-refractivity contribution is 5.89. The highest BCUT2D eigenvalue weighted by Crippen LogP contribution is 2.20. The van der Waals surface area contributed by atoms with Crippen molar-refractivity contribution in [2.45, 2.75) is 32.6 Å². The van der Waals surface area contributed by atoms with Crippen molar-refractivity contribution >= 4 is 11.9 Å². The lowest BCUT2D eigenvalue weighted by atomic mass is 10.1. The van der Waals surface area contributed by atoms with Crippen LogP contribution in [-0.2, 0) is 14.3 Å². The van der Waals surface area contributed by atoms with Gasteiger partial charge in [0.25, 0.3) is 0 Å². The molecule has 0 saturated heterocycles. The average molecular weight is 320 g/mol. The molecule has 5 heteroatoms. The Bertz CT molecular complexity index is 536. The third-order valence-corrected chi connectivity index (χ3v) is 3.30. The van der Waals surface area contributed by atoms with Crippen LogP contribution >= 0.6 is 0 Å². The van der Waals surface area contributed by atoms with Gasteiger partial charge in [0.15, 0.2) is 0 Å². The van der Waals surface area contributed by atoms with E-state index in [1.54, 1.807) is 18.2 Å². The van der Waals surface area contributed by atoms with Crippen molar-refractivity contribution in [2.24, 2.45) is 0 Å². The lowest BCUT2D eigenvalue weighted by Crippen LogP contribution is -2.04. The van der Waals surface area contributed by atoms with E-state index in [0.717, 1.165) is 37.0 Å². The number of hydrogen-bond donors (Lipinski definition) is 0. The van der Waals surface area contributed by atoms with E-state index in [1.807, 2.05) is 6.92 Å². The lowest BCUT2D eigenvalue weighted by Gasteiger charge is -2.10. The van der Waals surface area contributed by atoms with Gasteiger partial charge in [-0.2, -0.15) is 0 Å². The van der Waals surface area contributed by atoms with Gasteiger partial charge in [-0.05, 0) is 56.4 Å². The van der Waals surface area contributed by atoms with Crippen LogP contribution in [-0.4, -0.2) is 32.3 Å². The second-order valence-electron chi connectivity index (χ2n) is 5.11. The normalized spacial score (nSPS) is 10.0.